The van der Waals surface area contributed by atoms with E-state index in [4.69, 9.17) is 0 Å². The van der Waals surface area contributed by atoms with Crippen LogP contribution in [0.4, 0.5) is 0 Å². The number of Topliss-reactive ketones (excluding diaryl/α,β-unsaturated/α-hetero) is 1. The molecule has 11 saturated carbocycles. The van der Waals surface area contributed by atoms with E-state index in [0.29, 0.717) is 73.8 Å². The van der Waals surface area contributed by atoms with Crippen LogP contribution in [0.25, 0.3) is 0 Å². The lowest BCUT2D eigenvalue weighted by Crippen LogP contribution is -2.50. The molecule has 610 valence electrons. The molecule has 11 fully saturated rings. The van der Waals surface area contributed by atoms with Gasteiger partial charge in [-0.05, 0) is 387 Å². The molecule has 15 rings (SSSR count). The van der Waals surface area contributed by atoms with Crippen molar-refractivity contribution in [2.45, 2.75) is 405 Å². The van der Waals surface area contributed by atoms with Gasteiger partial charge in [-0.3, -0.25) is 4.79 Å². The number of aliphatic hydroxyl groups is 6. The zero-order valence-electron chi connectivity index (χ0n) is 72.2. The zero-order valence-corrected chi connectivity index (χ0v) is 72.2. The molecule has 0 aliphatic heterocycles. The van der Waals surface area contributed by atoms with Crippen molar-refractivity contribution in [3.8, 4) is 0 Å². The van der Waals surface area contributed by atoms with Gasteiger partial charge >= 0.3 is 0 Å². The number of allylic oxidation sites excluding steroid dienone is 4. The normalized spacial score (nSPS) is 47.0. The summed E-state index contributed by atoms with van der Waals surface area (Å²) in [5, 5.41) is 61.9. The second kappa shape index (κ2) is 34.3. The van der Waals surface area contributed by atoms with Crippen LogP contribution in [0.1, 0.15) is 368 Å². The van der Waals surface area contributed by atoms with Gasteiger partial charge in [0.15, 0.2) is 0 Å². The summed E-state index contributed by atoms with van der Waals surface area (Å²) in [7, 11) is 0. The van der Waals surface area contributed by atoms with Crippen molar-refractivity contribution >= 4 is 5.78 Å². The Kier molecular flexibility index (Phi) is 27.2. The van der Waals surface area contributed by atoms with E-state index in [-0.39, 0.29) is 42.0 Å². The molecule has 0 heterocycles. The number of fused-ring (bicyclic) bond motifs is 18. The summed E-state index contributed by atoms with van der Waals surface area (Å²) >= 11 is 0. The lowest BCUT2D eigenvalue weighted by molar-refractivity contribution is -0.132. The Hall–Kier alpha value is -1.61. The highest BCUT2D eigenvalue weighted by molar-refractivity contribution is 5.87. The molecule has 0 aromatic rings. The Morgan fingerprint density at radius 1 is 0.364 bits per heavy atom. The van der Waals surface area contributed by atoms with Gasteiger partial charge in [0.2, 0.25) is 0 Å². The van der Waals surface area contributed by atoms with Gasteiger partial charge in [-0.15, -0.1) is 0 Å². The van der Waals surface area contributed by atoms with E-state index in [9.17, 15) is 35.4 Å². The van der Waals surface area contributed by atoms with Crippen LogP contribution in [0.2, 0.25) is 0 Å². The molecule has 2 unspecified atom stereocenters. The minimum atomic E-state index is -0.150. The Morgan fingerprint density at radius 2 is 0.776 bits per heavy atom. The van der Waals surface area contributed by atoms with E-state index < -0.39 is 0 Å². The van der Waals surface area contributed by atoms with Crippen molar-refractivity contribution in [1.82, 2.24) is 0 Å². The van der Waals surface area contributed by atoms with Gasteiger partial charge in [-0.2, -0.15) is 0 Å². The average Bonchev–Trinajstić information content (AvgIpc) is 1.53. The summed E-state index contributed by atoms with van der Waals surface area (Å²) in [5.41, 5.74) is 7.25. The first-order valence-corrected chi connectivity index (χ1v) is 47.0. The average molecular weight is 1480 g/mol. The molecule has 15 aliphatic carbocycles. The molecule has 0 aromatic carbocycles. The maximum absolute atomic E-state index is 12.4. The molecule has 0 amide bonds. The maximum Gasteiger partial charge on any atom is 0.139 e. The molecule has 32 atom stereocenters. The first kappa shape index (κ1) is 84.8. The molecule has 0 radical (unpaired) electrons. The number of carbonyl (C=O) groups is 1. The van der Waals surface area contributed by atoms with Crippen LogP contribution in [0.5, 0.6) is 0 Å². The van der Waals surface area contributed by atoms with Crippen LogP contribution in [0, 0.1) is 168 Å². The van der Waals surface area contributed by atoms with Gasteiger partial charge in [-0.1, -0.05) is 184 Å². The SMILES string of the molecule is CC(C)CCC[C@@H](C)[C@H]1CC[C@H]2[C@@H]3CC=C4C[C@@H](O)CC[C@]4(C)[C@H]3CC[C@]12C.CC(C)CC[C@@H](O)[C@@H](C)[C@H]1CC[C@H]2[C@@H]3C/C=C/CC(O)CC[C@H](C)[C@H]3CC[C@]12C.CC(C)[C@@H](O)CC[C@@H](C)[C@H]1CC[C@H]2[C@@H]3CC=C4CC(O)CC[C@]4(C)[C@H]3CC[C@]12C.C[C@]12CC[C@H](O)CC1=CC[C@@H]1[C@@H]2CC[C@]2(C)C(=O)CC[C@@H]12. The Morgan fingerprint density at radius 3 is 1.27 bits per heavy atom. The molecule has 6 N–H and O–H groups in total. The fourth-order valence-corrected chi connectivity index (χ4v) is 31.3. The monoisotopic (exact) mass is 1480 g/mol. The second-order valence-electron chi connectivity index (χ2n) is 44.7. The molecule has 0 aromatic heterocycles. The largest absolute Gasteiger partial charge is 0.393 e. The fraction of sp³-hybridized carbons (Fsp3) is 0.910. The van der Waals surface area contributed by atoms with E-state index in [2.05, 4.69) is 148 Å². The van der Waals surface area contributed by atoms with Crippen molar-refractivity contribution in [1.29, 1.82) is 0 Å². The van der Waals surface area contributed by atoms with Crippen LogP contribution >= 0.6 is 0 Å². The predicted molar refractivity (Wildman–Crippen MR) is 445 cm³/mol. The number of aliphatic hydroxyl groups excluding tert-OH is 6. The Bertz CT molecular complexity index is 3060. The molecule has 107 heavy (non-hydrogen) atoms. The highest BCUT2D eigenvalue weighted by Crippen LogP contribution is 2.71. The first-order chi connectivity index (χ1) is 50.6. The van der Waals surface area contributed by atoms with Crippen molar-refractivity contribution < 1.29 is 35.4 Å². The number of carbonyl (C=O) groups excluding carboxylic acids is 1. The maximum atomic E-state index is 12.4. The molecule has 7 nitrogen and oxygen atoms in total. The lowest BCUT2D eigenvalue weighted by Gasteiger charge is -2.58. The summed E-state index contributed by atoms with van der Waals surface area (Å²) < 4.78 is 0. The molecular formula is C100H168O7. The Balaban J connectivity index is 0.000000134. The van der Waals surface area contributed by atoms with Crippen LogP contribution in [-0.4, -0.2) is 73.0 Å². The van der Waals surface area contributed by atoms with Crippen LogP contribution < -0.4 is 0 Å². The van der Waals surface area contributed by atoms with E-state index in [0.717, 1.165) is 197 Å². The first-order valence-electron chi connectivity index (χ1n) is 47.0. The smallest absolute Gasteiger partial charge is 0.139 e. The van der Waals surface area contributed by atoms with Gasteiger partial charge in [-0.25, -0.2) is 0 Å². The fourth-order valence-electron chi connectivity index (χ4n) is 31.3. The second-order valence-corrected chi connectivity index (χ2v) is 44.7. The Labute approximate surface area is 657 Å². The van der Waals surface area contributed by atoms with Crippen molar-refractivity contribution in [3.63, 3.8) is 0 Å². The van der Waals surface area contributed by atoms with Crippen LogP contribution in [0.3, 0.4) is 0 Å². The molecule has 0 saturated heterocycles. The van der Waals surface area contributed by atoms with Gasteiger partial charge in [0.05, 0.1) is 36.6 Å². The third-order valence-corrected chi connectivity index (χ3v) is 38.1. The number of hydrogen-bond donors (Lipinski definition) is 6. The summed E-state index contributed by atoms with van der Waals surface area (Å²) in [6.07, 6.45) is 58.2. The molecule has 7 heteroatoms. The number of hydrogen-bond acceptors (Lipinski definition) is 7. The standard InChI is InChI=1S/C27H46O2.C27H48O2.C27H46O.C19H28O2/c1-17(2)25(29)11-6-18(3)22-9-10-23-21-8-7-19-16-20(28)12-14-26(19,4)24(21)13-15-27(22,23)5;1-18(2)10-15-26(29)20(4)24-13-14-25-23-9-7-6-8-21(28)12-11-19(3)22(23)16-17-27(24,25)5;1-18(2)7-6-8-19(3)23-11-12-24-22-10-9-20-17-21(28)13-15-26(20,4)25(22)14-16-27(23,24)5;1-18-9-7-13(20)11-12(18)3-4-14-15-5-6-17(21)19(15,2)10-8-16(14)18/h7,17-18,20-25,28-29H,6,8-16H2,1-5H3;6-7,18-26,28-29H,8-17H2,1-5H3;9,18-19,21-25,28H,6-8,10-17H2,1-5H3;3,13-16,20H,4-11H2,1-2H3/b;7-6+;;/t18-,20?,21+,22-,23+,24+,25+,26+,27-;19-,20-,21?,22+,23+,24+,25-,26+,27+;19-,21+,22+,23-,24+,25+,26+,27-;13-,14-,15-,16-,18-,19-/m1010/s1. The zero-order chi connectivity index (χ0) is 77.1. The summed E-state index contributed by atoms with van der Waals surface area (Å²) in [6.45, 7) is 41.1. The van der Waals surface area contributed by atoms with E-state index in [1.54, 1.807) is 11.1 Å². The van der Waals surface area contributed by atoms with Gasteiger partial charge in [0.1, 0.15) is 5.78 Å². The number of ketones is 1. The summed E-state index contributed by atoms with van der Waals surface area (Å²) in [4.78, 5) is 12.4. The van der Waals surface area contributed by atoms with E-state index >= 15 is 0 Å². The third-order valence-electron chi connectivity index (χ3n) is 38.1. The summed E-state index contributed by atoms with van der Waals surface area (Å²) in [5.74, 6) is 17.5. The molecular weight excluding hydrogens is 1310 g/mol. The number of rotatable bonds is 15. The lowest BCUT2D eigenvalue weighted by atomic mass is 9.47. The van der Waals surface area contributed by atoms with Gasteiger partial charge in [0.25, 0.3) is 0 Å². The van der Waals surface area contributed by atoms with Crippen molar-refractivity contribution in [2.24, 2.45) is 168 Å². The van der Waals surface area contributed by atoms with Crippen LogP contribution in [0.15, 0.2) is 47.1 Å². The summed E-state index contributed by atoms with van der Waals surface area (Å²) in [6, 6.07) is 0. The van der Waals surface area contributed by atoms with Gasteiger partial charge in [0, 0.05) is 11.8 Å². The van der Waals surface area contributed by atoms with E-state index in [1.165, 1.54) is 153 Å². The highest BCUT2D eigenvalue weighted by atomic mass is 16.3. The quantitative estimate of drug-likeness (QED) is 0.0898. The van der Waals surface area contributed by atoms with Crippen LogP contribution in [-0.2, 0) is 4.79 Å². The molecule has 15 aliphatic rings. The third kappa shape index (κ3) is 16.8. The van der Waals surface area contributed by atoms with Crippen molar-refractivity contribution in [3.05, 3.63) is 47.1 Å². The highest BCUT2D eigenvalue weighted by Gasteiger charge is 2.63. The predicted octanol–water partition coefficient (Wildman–Crippen LogP) is 24.2. The topological polar surface area (TPSA) is 138 Å². The van der Waals surface area contributed by atoms with Gasteiger partial charge < -0.3 is 30.6 Å². The van der Waals surface area contributed by atoms with E-state index in [1.807, 2.05) is 0 Å². The van der Waals surface area contributed by atoms with Crippen molar-refractivity contribution in [2.75, 3.05) is 0 Å². The minimum absolute atomic E-state index is 0.0168. The molecule has 0 bridgehead atoms. The molecule has 0 spiro atoms. The minimum Gasteiger partial charge on any atom is -0.393 e.